The Morgan fingerprint density at radius 2 is 2.25 bits per heavy atom. The molecule has 0 rings (SSSR count). The summed E-state index contributed by atoms with van der Waals surface area (Å²) in [5, 5.41) is 8.58. The van der Waals surface area contributed by atoms with Gasteiger partial charge in [-0.25, -0.2) is 0 Å². The van der Waals surface area contributed by atoms with E-state index in [4.69, 9.17) is 9.84 Å². The summed E-state index contributed by atoms with van der Waals surface area (Å²) in [4.78, 5) is 0. The van der Waals surface area contributed by atoms with Gasteiger partial charge < -0.3 is 9.84 Å². The molecule has 2 heteroatoms. The molecule has 0 aromatic carbocycles. The second-order valence-electron chi connectivity index (χ2n) is 1.91. The van der Waals surface area contributed by atoms with Crippen LogP contribution in [0.2, 0.25) is 0 Å². The summed E-state index contributed by atoms with van der Waals surface area (Å²) in [6.45, 7) is 2.96. The summed E-state index contributed by atoms with van der Waals surface area (Å²) < 4.78 is 4.83. The first-order valence-corrected chi connectivity index (χ1v) is 2.95. The zero-order chi connectivity index (χ0) is 6.41. The van der Waals surface area contributed by atoms with E-state index >= 15 is 0 Å². The van der Waals surface area contributed by atoms with Crippen molar-refractivity contribution < 1.29 is 9.84 Å². The van der Waals surface area contributed by atoms with Crippen molar-refractivity contribution in [2.24, 2.45) is 5.92 Å². The Morgan fingerprint density at radius 3 is 2.38 bits per heavy atom. The number of methoxy groups -OCH3 is 1. The number of hydrogen-bond acceptors (Lipinski definition) is 2. The Hall–Kier alpha value is -0.0800. The zero-order valence-corrected chi connectivity index (χ0v) is 5.55. The van der Waals surface area contributed by atoms with Crippen molar-refractivity contribution in [3.8, 4) is 0 Å². The van der Waals surface area contributed by atoms with Crippen LogP contribution in [-0.4, -0.2) is 25.4 Å². The molecule has 0 radical (unpaired) electrons. The summed E-state index contributed by atoms with van der Waals surface area (Å²) in [5.74, 6) is 0.333. The molecule has 0 saturated carbocycles. The van der Waals surface area contributed by atoms with Crippen molar-refractivity contribution in [3.05, 3.63) is 0 Å². The van der Waals surface area contributed by atoms with E-state index in [1.54, 1.807) is 7.11 Å². The topological polar surface area (TPSA) is 29.5 Å². The molecule has 0 fully saturated rings. The highest BCUT2D eigenvalue weighted by Gasteiger charge is 2.00. The van der Waals surface area contributed by atoms with E-state index in [2.05, 4.69) is 0 Å². The first-order chi connectivity index (χ1) is 3.85. The number of hydrogen-bond donors (Lipinski definition) is 1. The quantitative estimate of drug-likeness (QED) is 0.587. The first-order valence-electron chi connectivity index (χ1n) is 2.95. The van der Waals surface area contributed by atoms with E-state index in [1.165, 1.54) is 0 Å². The molecule has 8 heavy (non-hydrogen) atoms. The summed E-state index contributed by atoms with van der Waals surface area (Å²) >= 11 is 0. The fraction of sp³-hybridized carbons (Fsp3) is 1.00. The molecule has 2 nitrogen and oxygen atoms in total. The van der Waals surface area contributed by atoms with Gasteiger partial charge in [-0.2, -0.15) is 0 Å². The molecule has 0 spiro atoms. The molecule has 0 aliphatic carbocycles. The molecule has 0 aliphatic rings. The Kier molecular flexibility index (Phi) is 5.01. The van der Waals surface area contributed by atoms with Crippen molar-refractivity contribution in [1.82, 2.24) is 0 Å². The van der Waals surface area contributed by atoms with Gasteiger partial charge in [0.15, 0.2) is 0 Å². The van der Waals surface area contributed by atoms with Gasteiger partial charge in [0, 0.05) is 19.6 Å². The fourth-order valence-electron chi connectivity index (χ4n) is 0.535. The van der Waals surface area contributed by atoms with Gasteiger partial charge in [0.05, 0.1) is 6.61 Å². The average Bonchev–Trinajstić information content (AvgIpc) is 1.83. The van der Waals surface area contributed by atoms with Gasteiger partial charge in [-0.15, -0.1) is 0 Å². The molecular weight excluding hydrogens is 104 g/mol. The van der Waals surface area contributed by atoms with E-state index in [-0.39, 0.29) is 6.61 Å². The van der Waals surface area contributed by atoms with Crippen LogP contribution in [-0.2, 0) is 4.74 Å². The van der Waals surface area contributed by atoms with Gasteiger partial charge in [-0.05, 0) is 6.42 Å². The Balaban J connectivity index is 3.07. The maximum atomic E-state index is 8.58. The minimum Gasteiger partial charge on any atom is -0.396 e. The molecular formula is C6H14O2. The third-order valence-corrected chi connectivity index (χ3v) is 1.24. The highest BCUT2D eigenvalue weighted by atomic mass is 16.5. The van der Waals surface area contributed by atoms with Crippen LogP contribution in [0.1, 0.15) is 13.3 Å². The number of aliphatic hydroxyl groups is 1. The molecule has 1 N–H and O–H groups in total. The first kappa shape index (κ1) is 7.92. The molecule has 0 amide bonds. The van der Waals surface area contributed by atoms with Crippen molar-refractivity contribution in [2.45, 2.75) is 13.3 Å². The number of aliphatic hydroxyl groups excluding tert-OH is 1. The van der Waals surface area contributed by atoms with Gasteiger partial charge in [-0.3, -0.25) is 0 Å². The predicted molar refractivity (Wildman–Crippen MR) is 32.7 cm³/mol. The largest absolute Gasteiger partial charge is 0.396 e. The van der Waals surface area contributed by atoms with E-state index in [0.29, 0.717) is 12.5 Å². The third-order valence-electron chi connectivity index (χ3n) is 1.24. The highest BCUT2D eigenvalue weighted by Crippen LogP contribution is 1.99. The second kappa shape index (κ2) is 5.06. The smallest absolute Gasteiger partial charge is 0.0512 e. The normalized spacial score (nSPS) is 13.9. The Morgan fingerprint density at radius 1 is 1.62 bits per heavy atom. The molecule has 0 aromatic rings. The van der Waals surface area contributed by atoms with Crippen LogP contribution in [0.3, 0.4) is 0 Å². The minimum absolute atomic E-state index is 0.240. The maximum Gasteiger partial charge on any atom is 0.0512 e. The van der Waals surface area contributed by atoms with Crippen molar-refractivity contribution >= 4 is 0 Å². The fourth-order valence-corrected chi connectivity index (χ4v) is 0.535. The van der Waals surface area contributed by atoms with Crippen LogP contribution >= 0.6 is 0 Å². The molecule has 50 valence electrons. The van der Waals surface area contributed by atoms with E-state index < -0.39 is 0 Å². The predicted octanol–water partition coefficient (Wildman–Crippen LogP) is 0.651. The lowest BCUT2D eigenvalue weighted by Crippen LogP contribution is -2.10. The molecule has 0 bridgehead atoms. The monoisotopic (exact) mass is 118 g/mol. The maximum absolute atomic E-state index is 8.58. The highest BCUT2D eigenvalue weighted by molar-refractivity contribution is 4.50. The van der Waals surface area contributed by atoms with Crippen LogP contribution in [0.25, 0.3) is 0 Å². The minimum atomic E-state index is 0.240. The van der Waals surface area contributed by atoms with Crippen LogP contribution in [0, 0.1) is 5.92 Å². The summed E-state index contributed by atoms with van der Waals surface area (Å²) in [6.07, 6.45) is 0.990. The Labute approximate surface area is 50.5 Å². The standard InChI is InChI=1S/C6H14O2/c1-3-6(4-7)5-8-2/h6-7H,3-5H2,1-2H3/t6-/m1/s1. The Bertz CT molecular complexity index is 41.8. The molecule has 0 unspecified atom stereocenters. The summed E-state index contributed by atoms with van der Waals surface area (Å²) in [7, 11) is 1.65. The molecule has 0 aliphatic heterocycles. The molecule has 0 heterocycles. The molecule has 0 saturated heterocycles. The van der Waals surface area contributed by atoms with Crippen molar-refractivity contribution in [2.75, 3.05) is 20.3 Å². The number of ether oxygens (including phenoxy) is 1. The van der Waals surface area contributed by atoms with Crippen molar-refractivity contribution in [1.29, 1.82) is 0 Å². The van der Waals surface area contributed by atoms with E-state index in [1.807, 2.05) is 6.92 Å². The SMILES string of the molecule is CC[C@H](CO)COC. The lowest BCUT2D eigenvalue weighted by molar-refractivity contribution is 0.108. The van der Waals surface area contributed by atoms with E-state index in [9.17, 15) is 0 Å². The van der Waals surface area contributed by atoms with Gasteiger partial charge >= 0.3 is 0 Å². The summed E-state index contributed by atoms with van der Waals surface area (Å²) in [6, 6.07) is 0. The van der Waals surface area contributed by atoms with Gasteiger partial charge in [0.2, 0.25) is 0 Å². The lowest BCUT2D eigenvalue weighted by atomic mass is 10.1. The summed E-state index contributed by atoms with van der Waals surface area (Å²) in [5.41, 5.74) is 0. The molecule has 1 atom stereocenters. The van der Waals surface area contributed by atoms with Crippen molar-refractivity contribution in [3.63, 3.8) is 0 Å². The van der Waals surface area contributed by atoms with Gasteiger partial charge in [0.25, 0.3) is 0 Å². The van der Waals surface area contributed by atoms with Crippen LogP contribution < -0.4 is 0 Å². The zero-order valence-electron chi connectivity index (χ0n) is 5.55. The average molecular weight is 118 g/mol. The van der Waals surface area contributed by atoms with Gasteiger partial charge in [0.1, 0.15) is 0 Å². The second-order valence-corrected chi connectivity index (χ2v) is 1.91. The third kappa shape index (κ3) is 2.99. The van der Waals surface area contributed by atoms with Crippen LogP contribution in [0.5, 0.6) is 0 Å². The number of rotatable bonds is 4. The van der Waals surface area contributed by atoms with Gasteiger partial charge in [-0.1, -0.05) is 6.92 Å². The lowest BCUT2D eigenvalue weighted by Gasteiger charge is -2.07. The van der Waals surface area contributed by atoms with Crippen LogP contribution in [0.4, 0.5) is 0 Å². The van der Waals surface area contributed by atoms with E-state index in [0.717, 1.165) is 6.42 Å². The molecule has 0 aromatic heterocycles. The van der Waals surface area contributed by atoms with Crippen LogP contribution in [0.15, 0.2) is 0 Å².